The van der Waals surface area contributed by atoms with Gasteiger partial charge >= 0.3 is 0 Å². The Hall–Kier alpha value is -2.05. The Kier molecular flexibility index (Phi) is 5.06. The average molecular weight is 350 g/mol. The molecule has 1 fully saturated rings. The molecule has 7 heteroatoms. The largest absolute Gasteiger partial charge is 0.464 e. The number of carbonyl (C=O) groups excluding carboxylic acids is 1. The molecule has 128 valence electrons. The van der Waals surface area contributed by atoms with Crippen LogP contribution in [0.25, 0.3) is 0 Å². The van der Waals surface area contributed by atoms with Gasteiger partial charge in [0.1, 0.15) is 17.3 Å². The van der Waals surface area contributed by atoms with Gasteiger partial charge in [-0.1, -0.05) is 11.6 Å². The summed E-state index contributed by atoms with van der Waals surface area (Å²) < 4.78 is 10.8. The number of amides is 1. The van der Waals surface area contributed by atoms with Crippen LogP contribution in [0.3, 0.4) is 0 Å². The second-order valence-corrected chi connectivity index (χ2v) is 6.21. The first kappa shape index (κ1) is 16.8. The number of rotatable bonds is 4. The maximum atomic E-state index is 12.5. The number of anilines is 1. The van der Waals surface area contributed by atoms with Crippen LogP contribution < -0.4 is 4.90 Å². The summed E-state index contributed by atoms with van der Waals surface area (Å²) in [5, 5.41) is 0.444. The number of ether oxygens (including phenoxy) is 1. The summed E-state index contributed by atoms with van der Waals surface area (Å²) in [5.74, 6) is 2.25. The number of halogens is 1. The third kappa shape index (κ3) is 3.71. The number of nitrogens with zero attached hydrogens (tertiary/aromatic N) is 3. The van der Waals surface area contributed by atoms with Gasteiger partial charge in [-0.2, -0.15) is 0 Å². The predicted octanol–water partition coefficient (Wildman–Crippen LogP) is 2.75. The van der Waals surface area contributed by atoms with Gasteiger partial charge in [0.05, 0.1) is 30.3 Å². The number of aryl methyl sites for hydroxylation is 1. The second-order valence-electron chi connectivity index (χ2n) is 5.80. The average Bonchev–Trinajstić information content (AvgIpc) is 2.99. The number of hydrogen-bond acceptors (Lipinski definition) is 5. The third-order valence-corrected chi connectivity index (χ3v) is 4.20. The molecule has 0 atom stereocenters. The lowest BCUT2D eigenvalue weighted by Crippen LogP contribution is -2.40. The van der Waals surface area contributed by atoms with Crippen LogP contribution in [0.1, 0.15) is 21.9 Å². The lowest BCUT2D eigenvalue weighted by molar-refractivity contribution is 0.0302. The lowest BCUT2D eigenvalue weighted by Gasteiger charge is -2.27. The van der Waals surface area contributed by atoms with Crippen molar-refractivity contribution >= 4 is 23.3 Å². The Morgan fingerprint density at radius 3 is 2.75 bits per heavy atom. The fraction of sp³-hybridized carbons (Fsp3) is 0.412. The molecule has 6 nitrogen and oxygen atoms in total. The quantitative estimate of drug-likeness (QED) is 0.849. The summed E-state index contributed by atoms with van der Waals surface area (Å²) in [5.41, 5.74) is 0.493. The van der Waals surface area contributed by atoms with E-state index in [9.17, 15) is 4.79 Å². The van der Waals surface area contributed by atoms with E-state index in [1.165, 1.54) is 0 Å². The van der Waals surface area contributed by atoms with E-state index >= 15 is 0 Å². The van der Waals surface area contributed by atoms with Crippen molar-refractivity contribution < 1.29 is 13.9 Å². The SMILES string of the molecule is Cc1ccc(CN(C)c2ncc(C(=O)N3CCOCC3)cc2Cl)o1. The van der Waals surface area contributed by atoms with Crippen molar-refractivity contribution in [1.82, 2.24) is 9.88 Å². The van der Waals surface area contributed by atoms with Crippen LogP contribution in [0.15, 0.2) is 28.8 Å². The normalized spacial score (nSPS) is 14.7. The fourth-order valence-electron chi connectivity index (χ4n) is 2.66. The van der Waals surface area contributed by atoms with Crippen molar-refractivity contribution in [1.29, 1.82) is 0 Å². The van der Waals surface area contributed by atoms with Crippen molar-refractivity contribution in [3.63, 3.8) is 0 Å². The number of aromatic nitrogens is 1. The minimum atomic E-state index is -0.0661. The van der Waals surface area contributed by atoms with E-state index in [1.54, 1.807) is 17.2 Å². The van der Waals surface area contributed by atoms with Crippen LogP contribution in [0.5, 0.6) is 0 Å². The first-order valence-electron chi connectivity index (χ1n) is 7.83. The number of morpholine rings is 1. The number of furan rings is 1. The minimum absolute atomic E-state index is 0.0661. The van der Waals surface area contributed by atoms with E-state index in [2.05, 4.69) is 4.98 Å². The van der Waals surface area contributed by atoms with E-state index in [1.807, 2.05) is 31.0 Å². The van der Waals surface area contributed by atoms with Gasteiger partial charge in [0.15, 0.2) is 0 Å². The van der Waals surface area contributed by atoms with Crippen molar-refractivity contribution in [2.45, 2.75) is 13.5 Å². The molecule has 0 unspecified atom stereocenters. The molecule has 0 saturated carbocycles. The van der Waals surface area contributed by atoms with Crippen LogP contribution in [-0.4, -0.2) is 49.1 Å². The molecule has 0 bridgehead atoms. The smallest absolute Gasteiger partial charge is 0.255 e. The van der Waals surface area contributed by atoms with E-state index < -0.39 is 0 Å². The summed E-state index contributed by atoms with van der Waals surface area (Å²) in [4.78, 5) is 20.5. The van der Waals surface area contributed by atoms with E-state index in [-0.39, 0.29) is 5.91 Å². The van der Waals surface area contributed by atoms with Crippen molar-refractivity contribution in [3.05, 3.63) is 46.5 Å². The molecule has 1 aliphatic heterocycles. The fourth-order valence-corrected chi connectivity index (χ4v) is 2.97. The molecule has 1 saturated heterocycles. The van der Waals surface area contributed by atoms with Gasteiger partial charge in [-0.15, -0.1) is 0 Å². The van der Waals surface area contributed by atoms with Crippen LogP contribution in [0, 0.1) is 6.92 Å². The van der Waals surface area contributed by atoms with Gasteiger partial charge in [-0.05, 0) is 25.1 Å². The first-order valence-corrected chi connectivity index (χ1v) is 8.21. The molecule has 0 aliphatic carbocycles. The Balaban J connectivity index is 1.72. The molecule has 0 spiro atoms. The zero-order valence-electron chi connectivity index (χ0n) is 13.8. The Morgan fingerprint density at radius 1 is 1.38 bits per heavy atom. The summed E-state index contributed by atoms with van der Waals surface area (Å²) >= 11 is 6.35. The standard InChI is InChI=1S/C17H20ClN3O3/c1-12-3-4-14(24-12)11-20(2)16-15(18)9-13(10-19-16)17(22)21-5-7-23-8-6-21/h3-4,9-10H,5-8,11H2,1-2H3. The molecular weight excluding hydrogens is 330 g/mol. The molecule has 24 heavy (non-hydrogen) atoms. The number of hydrogen-bond donors (Lipinski definition) is 0. The van der Waals surface area contributed by atoms with Crippen LogP contribution in [0.2, 0.25) is 5.02 Å². The maximum absolute atomic E-state index is 12.5. The molecule has 2 aromatic heterocycles. The van der Waals surface area contributed by atoms with E-state index in [0.717, 1.165) is 11.5 Å². The summed E-state index contributed by atoms with van der Waals surface area (Å²) in [6.45, 7) is 4.77. The third-order valence-electron chi connectivity index (χ3n) is 3.92. The van der Waals surface area contributed by atoms with Gasteiger partial charge < -0.3 is 19.0 Å². The van der Waals surface area contributed by atoms with Crippen LogP contribution >= 0.6 is 11.6 Å². The highest BCUT2D eigenvalue weighted by atomic mass is 35.5. The second kappa shape index (κ2) is 7.23. The highest BCUT2D eigenvalue weighted by Gasteiger charge is 2.20. The van der Waals surface area contributed by atoms with Crippen molar-refractivity contribution in [2.75, 3.05) is 38.3 Å². The zero-order valence-corrected chi connectivity index (χ0v) is 14.5. The van der Waals surface area contributed by atoms with E-state index in [0.29, 0.717) is 49.3 Å². The van der Waals surface area contributed by atoms with Gasteiger partial charge in [0, 0.05) is 26.3 Å². The predicted molar refractivity (Wildman–Crippen MR) is 91.5 cm³/mol. The molecule has 2 aromatic rings. The van der Waals surface area contributed by atoms with Gasteiger partial charge in [0.2, 0.25) is 0 Å². The summed E-state index contributed by atoms with van der Waals surface area (Å²) in [6.07, 6.45) is 1.57. The highest BCUT2D eigenvalue weighted by molar-refractivity contribution is 6.33. The molecule has 3 heterocycles. The Bertz CT molecular complexity index is 726. The van der Waals surface area contributed by atoms with Gasteiger partial charge in [-0.3, -0.25) is 4.79 Å². The van der Waals surface area contributed by atoms with Crippen molar-refractivity contribution in [3.8, 4) is 0 Å². The minimum Gasteiger partial charge on any atom is -0.464 e. The molecule has 0 N–H and O–H groups in total. The van der Waals surface area contributed by atoms with Gasteiger partial charge in [0.25, 0.3) is 5.91 Å². The monoisotopic (exact) mass is 349 g/mol. The van der Waals surface area contributed by atoms with Crippen molar-refractivity contribution in [2.24, 2.45) is 0 Å². The summed E-state index contributed by atoms with van der Waals surface area (Å²) in [7, 11) is 1.88. The van der Waals surface area contributed by atoms with Crippen LogP contribution in [-0.2, 0) is 11.3 Å². The number of carbonyl (C=O) groups is 1. The molecule has 0 aromatic carbocycles. The topological polar surface area (TPSA) is 58.8 Å². The summed E-state index contributed by atoms with van der Waals surface area (Å²) in [6, 6.07) is 5.52. The Labute approximate surface area is 146 Å². The van der Waals surface area contributed by atoms with E-state index in [4.69, 9.17) is 20.8 Å². The molecule has 1 amide bonds. The molecule has 3 rings (SSSR count). The number of pyridine rings is 1. The molecule has 1 aliphatic rings. The molecular formula is C17H20ClN3O3. The zero-order chi connectivity index (χ0) is 17.1. The Morgan fingerprint density at radius 2 is 2.12 bits per heavy atom. The highest BCUT2D eigenvalue weighted by Crippen LogP contribution is 2.25. The molecule has 0 radical (unpaired) electrons. The lowest BCUT2D eigenvalue weighted by atomic mass is 10.2. The van der Waals surface area contributed by atoms with Crippen LogP contribution in [0.4, 0.5) is 5.82 Å². The first-order chi connectivity index (χ1) is 11.5. The van der Waals surface area contributed by atoms with Gasteiger partial charge in [-0.25, -0.2) is 4.98 Å². The maximum Gasteiger partial charge on any atom is 0.255 e.